The molecule has 1 saturated carbocycles. The fraction of sp³-hybridized carbons (Fsp3) is 0.435. The lowest BCUT2D eigenvalue weighted by atomic mass is 9.85. The number of hydrogen-bond donors (Lipinski definition) is 2. The highest BCUT2D eigenvalue weighted by atomic mass is 127. The van der Waals surface area contributed by atoms with Gasteiger partial charge in [0.1, 0.15) is 0 Å². The molecule has 3 heterocycles. The molecular formula is C23H28IN7O2. The van der Waals surface area contributed by atoms with Crippen LogP contribution in [0, 0.1) is 23.7 Å². The quantitative estimate of drug-likeness (QED) is 0.176. The molecule has 3 aliphatic rings. The maximum absolute atomic E-state index is 12.8. The number of likely N-dealkylation sites (tertiary alicyclic amines) is 1. The van der Waals surface area contributed by atoms with Crippen molar-refractivity contribution in [3.63, 3.8) is 0 Å². The Bertz CT molecular complexity index is 1040. The first-order valence-electron chi connectivity index (χ1n) is 11.2. The number of carbonyl (C=O) groups excluding carboxylic acids is 2. The van der Waals surface area contributed by atoms with Crippen molar-refractivity contribution >= 4 is 41.8 Å². The van der Waals surface area contributed by atoms with Crippen molar-refractivity contribution in [3.8, 4) is 5.82 Å². The Morgan fingerprint density at radius 1 is 1.15 bits per heavy atom. The number of halogens is 1. The minimum absolute atomic E-state index is 0. The summed E-state index contributed by atoms with van der Waals surface area (Å²) in [6, 6.07) is 5.72. The monoisotopic (exact) mass is 561 g/mol. The fourth-order valence-electron chi connectivity index (χ4n) is 5.07. The van der Waals surface area contributed by atoms with Crippen LogP contribution >= 0.6 is 24.0 Å². The van der Waals surface area contributed by atoms with Gasteiger partial charge < -0.3 is 10.6 Å². The second kappa shape index (κ2) is 10.0. The van der Waals surface area contributed by atoms with E-state index in [4.69, 9.17) is 0 Å². The van der Waals surface area contributed by atoms with Crippen LogP contribution in [0.3, 0.4) is 0 Å². The number of carbonyl (C=O) groups is 2. The lowest BCUT2D eigenvalue weighted by Crippen LogP contribution is -2.43. The van der Waals surface area contributed by atoms with Gasteiger partial charge in [-0.15, -0.1) is 24.0 Å². The summed E-state index contributed by atoms with van der Waals surface area (Å²) >= 11 is 0. The zero-order valence-corrected chi connectivity index (χ0v) is 20.8. The first-order valence-corrected chi connectivity index (χ1v) is 11.2. The Hall–Kier alpha value is -2.76. The average molecular weight is 561 g/mol. The summed E-state index contributed by atoms with van der Waals surface area (Å²) in [5, 5.41) is 10.7. The van der Waals surface area contributed by atoms with Gasteiger partial charge in [0.25, 0.3) is 0 Å². The number of allylic oxidation sites excluding steroid dienone is 2. The van der Waals surface area contributed by atoms with Gasteiger partial charge >= 0.3 is 0 Å². The molecule has 2 aromatic heterocycles. The molecule has 2 bridgehead atoms. The summed E-state index contributed by atoms with van der Waals surface area (Å²) in [7, 11) is 0. The maximum Gasteiger partial charge on any atom is 0.233 e. The predicted octanol–water partition coefficient (Wildman–Crippen LogP) is 1.75. The topological polar surface area (TPSA) is 105 Å². The number of fused-ring (bicyclic) bond motifs is 5. The smallest absolute Gasteiger partial charge is 0.233 e. The summed E-state index contributed by atoms with van der Waals surface area (Å²) < 4.78 is 1.71. The van der Waals surface area contributed by atoms with Crippen LogP contribution in [0.25, 0.3) is 5.82 Å². The van der Waals surface area contributed by atoms with E-state index in [2.05, 4.69) is 37.9 Å². The lowest BCUT2D eigenvalue weighted by molar-refractivity contribution is -0.140. The first-order chi connectivity index (χ1) is 15.7. The van der Waals surface area contributed by atoms with Crippen LogP contribution in [-0.2, 0) is 16.1 Å². The fourth-order valence-corrected chi connectivity index (χ4v) is 5.07. The molecule has 0 radical (unpaired) electrons. The summed E-state index contributed by atoms with van der Waals surface area (Å²) in [6.07, 6.45) is 10.5. The highest BCUT2D eigenvalue weighted by molar-refractivity contribution is 14.0. The van der Waals surface area contributed by atoms with Crippen LogP contribution in [0.4, 0.5) is 0 Å². The van der Waals surface area contributed by atoms with E-state index in [0.717, 1.165) is 17.8 Å². The van der Waals surface area contributed by atoms with E-state index in [0.29, 0.717) is 32.1 Å². The Kier molecular flexibility index (Phi) is 7.11. The number of imide groups is 1. The van der Waals surface area contributed by atoms with Crippen LogP contribution in [0.2, 0.25) is 0 Å². The molecule has 10 heteroatoms. The molecule has 0 aromatic carbocycles. The van der Waals surface area contributed by atoms with Gasteiger partial charge in [0.2, 0.25) is 11.8 Å². The molecule has 2 amide bonds. The van der Waals surface area contributed by atoms with Gasteiger partial charge in [-0.3, -0.25) is 14.5 Å². The standard InChI is InChI=1S/C23H27N7O2.HI/c1-2-24-23(27-14-15-6-8-25-18(12-15)30-10-3-7-28-30)26-9-11-29-21(31)19-16-4-5-17(13-16)20(19)22(29)32;/h3-8,10,12,16-17,19-20H,2,9,11,13-14H2,1H3,(H2,24,26,27);1H. The Morgan fingerprint density at radius 3 is 2.58 bits per heavy atom. The van der Waals surface area contributed by atoms with Gasteiger partial charge in [-0.1, -0.05) is 12.2 Å². The van der Waals surface area contributed by atoms with E-state index < -0.39 is 0 Å². The molecule has 4 unspecified atom stereocenters. The minimum Gasteiger partial charge on any atom is -0.357 e. The van der Waals surface area contributed by atoms with Crippen molar-refractivity contribution in [1.82, 2.24) is 30.3 Å². The second-order valence-corrected chi connectivity index (χ2v) is 8.42. The van der Waals surface area contributed by atoms with Crippen molar-refractivity contribution in [2.45, 2.75) is 19.9 Å². The van der Waals surface area contributed by atoms with Gasteiger partial charge in [0.05, 0.1) is 18.4 Å². The third-order valence-electron chi connectivity index (χ3n) is 6.50. The van der Waals surface area contributed by atoms with Crippen molar-refractivity contribution in [1.29, 1.82) is 0 Å². The third-order valence-corrected chi connectivity index (χ3v) is 6.50. The molecule has 2 aromatic rings. The average Bonchev–Trinajstić information content (AvgIpc) is 3.59. The molecule has 9 nitrogen and oxygen atoms in total. The summed E-state index contributed by atoms with van der Waals surface area (Å²) in [6.45, 7) is 3.99. The summed E-state index contributed by atoms with van der Waals surface area (Å²) in [5.41, 5.74) is 1.00. The van der Waals surface area contributed by atoms with Gasteiger partial charge in [-0.25, -0.2) is 14.7 Å². The highest BCUT2D eigenvalue weighted by Crippen LogP contribution is 2.52. The number of hydrogen-bond acceptors (Lipinski definition) is 5. The molecule has 5 rings (SSSR count). The molecule has 2 fully saturated rings. The molecule has 4 atom stereocenters. The maximum atomic E-state index is 12.8. The van der Waals surface area contributed by atoms with Gasteiger partial charge in [0, 0.05) is 38.2 Å². The van der Waals surface area contributed by atoms with Crippen molar-refractivity contribution < 1.29 is 9.59 Å². The van der Waals surface area contributed by atoms with Crippen LogP contribution in [-0.4, -0.2) is 57.1 Å². The van der Waals surface area contributed by atoms with Gasteiger partial charge in [-0.05, 0) is 48.9 Å². The largest absolute Gasteiger partial charge is 0.357 e. The normalized spacial score (nSPS) is 25.4. The number of pyridine rings is 1. The Labute approximate surface area is 209 Å². The van der Waals surface area contributed by atoms with Gasteiger partial charge in [0.15, 0.2) is 11.8 Å². The van der Waals surface area contributed by atoms with Crippen molar-refractivity contribution in [2.75, 3.05) is 19.6 Å². The number of aliphatic imine (C=N–C) groups is 1. The minimum atomic E-state index is -0.143. The van der Waals surface area contributed by atoms with Crippen LogP contribution in [0.15, 0.2) is 53.9 Å². The zero-order valence-electron chi connectivity index (χ0n) is 18.4. The molecule has 1 saturated heterocycles. The molecule has 174 valence electrons. The van der Waals surface area contributed by atoms with Crippen LogP contribution < -0.4 is 10.6 Å². The van der Waals surface area contributed by atoms with Crippen LogP contribution in [0.5, 0.6) is 0 Å². The number of nitrogens with zero attached hydrogens (tertiary/aromatic N) is 5. The SMILES string of the molecule is CCNC(=NCc1ccnc(-n2cccn2)c1)NCCN1C(=O)C2C3C=CC(C3)C2C1=O.I. The third kappa shape index (κ3) is 4.53. The lowest BCUT2D eigenvalue weighted by Gasteiger charge is -2.18. The zero-order chi connectivity index (χ0) is 22.1. The number of rotatable bonds is 7. The van der Waals surface area contributed by atoms with Crippen LogP contribution in [0.1, 0.15) is 18.9 Å². The van der Waals surface area contributed by atoms with E-state index in [1.54, 1.807) is 17.1 Å². The van der Waals surface area contributed by atoms with Gasteiger partial charge in [-0.2, -0.15) is 5.10 Å². The molecule has 1 aliphatic heterocycles. The second-order valence-electron chi connectivity index (χ2n) is 8.42. The first kappa shape index (κ1) is 23.4. The molecule has 33 heavy (non-hydrogen) atoms. The van der Waals surface area contributed by atoms with Crippen molar-refractivity contribution in [3.05, 3.63) is 54.5 Å². The Balaban J connectivity index is 0.00000259. The summed E-state index contributed by atoms with van der Waals surface area (Å²) in [5.74, 6) is 1.56. The Morgan fingerprint density at radius 2 is 1.91 bits per heavy atom. The molecule has 2 N–H and O–H groups in total. The molecule has 2 aliphatic carbocycles. The molecule has 0 spiro atoms. The van der Waals surface area contributed by atoms with E-state index in [-0.39, 0.29) is 59.5 Å². The van der Waals surface area contributed by atoms with Crippen molar-refractivity contribution in [2.24, 2.45) is 28.7 Å². The van der Waals surface area contributed by atoms with E-state index in [9.17, 15) is 9.59 Å². The number of nitrogens with one attached hydrogen (secondary N) is 2. The predicted molar refractivity (Wildman–Crippen MR) is 134 cm³/mol. The molecular weight excluding hydrogens is 533 g/mol. The van der Waals surface area contributed by atoms with E-state index in [1.165, 1.54) is 4.90 Å². The summed E-state index contributed by atoms with van der Waals surface area (Å²) in [4.78, 5) is 36.0. The van der Waals surface area contributed by atoms with E-state index >= 15 is 0 Å². The number of guanidine groups is 1. The van der Waals surface area contributed by atoms with E-state index in [1.807, 2.05) is 31.3 Å². The number of amides is 2. The number of aromatic nitrogens is 3. The highest BCUT2D eigenvalue weighted by Gasteiger charge is 2.58.